The Morgan fingerprint density at radius 2 is 2.00 bits per heavy atom. The predicted molar refractivity (Wildman–Crippen MR) is 92.6 cm³/mol. The maximum absolute atomic E-state index is 12.4. The van der Waals surface area contributed by atoms with E-state index in [0.717, 1.165) is 18.4 Å². The minimum absolute atomic E-state index is 0.0136. The van der Waals surface area contributed by atoms with Crippen LogP contribution in [-0.2, 0) is 11.3 Å². The highest BCUT2D eigenvalue weighted by Crippen LogP contribution is 2.28. The molecule has 0 aliphatic heterocycles. The average molecular weight is 330 g/mol. The van der Waals surface area contributed by atoms with E-state index in [1.165, 1.54) is 18.4 Å². The standard InChI is InChI=1S/C17H22N4OS/c1-12-5-7-13(8-6-12)15-19-20-16(23)21(15)11-14(22)18-17(2)9-3-4-10-17/h5-8H,3-4,9-11H2,1-2H3,(H,18,22)(H,20,23). The quantitative estimate of drug-likeness (QED) is 0.845. The Labute approximate surface area is 141 Å². The minimum Gasteiger partial charge on any atom is -0.349 e. The highest BCUT2D eigenvalue weighted by Gasteiger charge is 2.30. The van der Waals surface area contributed by atoms with E-state index < -0.39 is 0 Å². The Balaban J connectivity index is 1.80. The SMILES string of the molecule is Cc1ccc(-c2n[nH]c(=S)n2CC(=O)NC2(C)CCCC2)cc1. The molecular weight excluding hydrogens is 308 g/mol. The van der Waals surface area contributed by atoms with E-state index in [-0.39, 0.29) is 18.0 Å². The van der Waals surface area contributed by atoms with E-state index in [4.69, 9.17) is 12.2 Å². The lowest BCUT2D eigenvalue weighted by atomic mass is 10.0. The summed E-state index contributed by atoms with van der Waals surface area (Å²) in [6, 6.07) is 8.04. The fourth-order valence-electron chi connectivity index (χ4n) is 3.19. The van der Waals surface area contributed by atoms with E-state index in [9.17, 15) is 4.79 Å². The van der Waals surface area contributed by atoms with Gasteiger partial charge in [0.25, 0.3) is 0 Å². The molecule has 0 radical (unpaired) electrons. The molecule has 1 fully saturated rings. The summed E-state index contributed by atoms with van der Waals surface area (Å²) in [7, 11) is 0. The minimum atomic E-state index is -0.0764. The van der Waals surface area contributed by atoms with Gasteiger partial charge >= 0.3 is 0 Å². The smallest absolute Gasteiger partial charge is 0.240 e. The van der Waals surface area contributed by atoms with Crippen LogP contribution < -0.4 is 5.32 Å². The van der Waals surface area contributed by atoms with Crippen LogP contribution in [0.2, 0.25) is 0 Å². The van der Waals surface area contributed by atoms with Crippen LogP contribution in [0, 0.1) is 11.7 Å². The fourth-order valence-corrected chi connectivity index (χ4v) is 3.38. The molecule has 0 unspecified atom stereocenters. The molecule has 1 aromatic carbocycles. The maximum Gasteiger partial charge on any atom is 0.240 e. The molecule has 0 bridgehead atoms. The van der Waals surface area contributed by atoms with Gasteiger partial charge in [-0.05, 0) is 38.9 Å². The summed E-state index contributed by atoms with van der Waals surface area (Å²) in [5.41, 5.74) is 2.05. The number of amides is 1. The Morgan fingerprint density at radius 1 is 1.35 bits per heavy atom. The van der Waals surface area contributed by atoms with Gasteiger partial charge in [-0.1, -0.05) is 42.7 Å². The number of nitrogens with zero attached hydrogens (tertiary/aromatic N) is 2. The predicted octanol–water partition coefficient (Wildman–Crippen LogP) is 3.37. The van der Waals surface area contributed by atoms with Gasteiger partial charge in [0, 0.05) is 11.1 Å². The molecule has 1 aromatic heterocycles. The van der Waals surface area contributed by atoms with E-state index >= 15 is 0 Å². The van der Waals surface area contributed by atoms with Crippen molar-refractivity contribution in [3.05, 3.63) is 34.6 Å². The number of benzene rings is 1. The Bertz CT molecular complexity index is 754. The molecule has 6 heteroatoms. The lowest BCUT2D eigenvalue weighted by Crippen LogP contribution is -2.45. The van der Waals surface area contributed by atoms with E-state index in [0.29, 0.717) is 10.6 Å². The number of hydrogen-bond acceptors (Lipinski definition) is 3. The summed E-state index contributed by atoms with van der Waals surface area (Å²) in [5.74, 6) is 0.682. The summed E-state index contributed by atoms with van der Waals surface area (Å²) in [6.45, 7) is 4.35. The molecule has 3 rings (SSSR count). The second-order valence-electron chi connectivity index (χ2n) is 6.62. The number of hydrogen-bond donors (Lipinski definition) is 2. The zero-order valence-electron chi connectivity index (χ0n) is 13.6. The Morgan fingerprint density at radius 3 is 2.65 bits per heavy atom. The molecule has 1 aliphatic carbocycles. The van der Waals surface area contributed by atoms with Crippen LogP contribution in [0.3, 0.4) is 0 Å². The molecular formula is C17H22N4OS. The van der Waals surface area contributed by atoms with Gasteiger partial charge < -0.3 is 5.32 Å². The fraction of sp³-hybridized carbons (Fsp3) is 0.471. The van der Waals surface area contributed by atoms with Gasteiger partial charge in [0.05, 0.1) is 0 Å². The van der Waals surface area contributed by atoms with Crippen LogP contribution in [0.4, 0.5) is 0 Å². The van der Waals surface area contributed by atoms with Gasteiger partial charge in [-0.2, -0.15) is 5.10 Å². The topological polar surface area (TPSA) is 62.7 Å². The maximum atomic E-state index is 12.4. The third kappa shape index (κ3) is 3.52. The molecule has 0 spiro atoms. The Kier molecular flexibility index (Phi) is 4.35. The molecule has 23 heavy (non-hydrogen) atoms. The summed E-state index contributed by atoms with van der Waals surface area (Å²) < 4.78 is 2.22. The van der Waals surface area contributed by atoms with Gasteiger partial charge in [-0.25, -0.2) is 0 Å². The van der Waals surface area contributed by atoms with E-state index in [1.54, 1.807) is 4.57 Å². The van der Waals surface area contributed by atoms with Crippen molar-refractivity contribution in [3.63, 3.8) is 0 Å². The molecule has 0 atom stereocenters. The van der Waals surface area contributed by atoms with Crippen LogP contribution in [0.15, 0.2) is 24.3 Å². The zero-order chi connectivity index (χ0) is 16.4. The first kappa shape index (κ1) is 15.9. The van der Waals surface area contributed by atoms with Crippen LogP contribution in [0.1, 0.15) is 38.2 Å². The number of carbonyl (C=O) groups is 1. The van der Waals surface area contributed by atoms with Crippen molar-refractivity contribution in [1.29, 1.82) is 0 Å². The van der Waals surface area contributed by atoms with E-state index in [1.807, 2.05) is 31.2 Å². The molecule has 2 aromatic rings. The molecule has 1 heterocycles. The van der Waals surface area contributed by atoms with Crippen LogP contribution in [0.25, 0.3) is 11.4 Å². The summed E-state index contributed by atoms with van der Waals surface area (Å²) in [5, 5.41) is 10.2. The molecule has 2 N–H and O–H groups in total. The normalized spacial score (nSPS) is 16.4. The van der Waals surface area contributed by atoms with Crippen molar-refractivity contribution >= 4 is 18.1 Å². The monoisotopic (exact) mass is 330 g/mol. The van der Waals surface area contributed by atoms with Gasteiger partial charge in [0.2, 0.25) is 5.91 Å². The van der Waals surface area contributed by atoms with Crippen molar-refractivity contribution in [2.45, 2.75) is 51.6 Å². The second kappa shape index (κ2) is 6.28. The van der Waals surface area contributed by atoms with Crippen molar-refractivity contribution < 1.29 is 4.79 Å². The molecule has 5 nitrogen and oxygen atoms in total. The number of aromatic amines is 1. The third-order valence-electron chi connectivity index (χ3n) is 4.52. The molecule has 1 saturated carbocycles. The number of aryl methyl sites for hydroxylation is 1. The first-order chi connectivity index (χ1) is 11.0. The van der Waals surface area contributed by atoms with Crippen LogP contribution in [-0.4, -0.2) is 26.2 Å². The summed E-state index contributed by atoms with van der Waals surface area (Å²) >= 11 is 5.29. The first-order valence-electron chi connectivity index (χ1n) is 8.00. The van der Waals surface area contributed by atoms with Crippen molar-refractivity contribution in [3.8, 4) is 11.4 Å². The number of rotatable bonds is 4. The third-order valence-corrected chi connectivity index (χ3v) is 4.83. The number of nitrogens with one attached hydrogen (secondary N) is 2. The number of carbonyl (C=O) groups excluding carboxylic acids is 1. The molecule has 0 saturated heterocycles. The van der Waals surface area contributed by atoms with Gasteiger partial charge in [0.1, 0.15) is 6.54 Å². The van der Waals surface area contributed by atoms with Gasteiger partial charge in [-0.3, -0.25) is 14.5 Å². The highest BCUT2D eigenvalue weighted by molar-refractivity contribution is 7.71. The average Bonchev–Trinajstić information content (AvgIpc) is 3.08. The van der Waals surface area contributed by atoms with Crippen molar-refractivity contribution in [2.75, 3.05) is 0 Å². The van der Waals surface area contributed by atoms with Crippen LogP contribution in [0.5, 0.6) is 0 Å². The molecule has 1 amide bonds. The zero-order valence-corrected chi connectivity index (χ0v) is 14.4. The summed E-state index contributed by atoms with van der Waals surface area (Å²) in [4.78, 5) is 12.4. The van der Waals surface area contributed by atoms with E-state index in [2.05, 4.69) is 22.4 Å². The first-order valence-corrected chi connectivity index (χ1v) is 8.41. The van der Waals surface area contributed by atoms with Crippen molar-refractivity contribution in [1.82, 2.24) is 20.1 Å². The lowest BCUT2D eigenvalue weighted by Gasteiger charge is -2.25. The number of H-pyrrole nitrogens is 1. The van der Waals surface area contributed by atoms with Crippen LogP contribution >= 0.6 is 12.2 Å². The Hall–Kier alpha value is -1.95. The van der Waals surface area contributed by atoms with Gasteiger partial charge in [0.15, 0.2) is 10.6 Å². The van der Waals surface area contributed by atoms with Gasteiger partial charge in [-0.15, -0.1) is 0 Å². The lowest BCUT2D eigenvalue weighted by molar-refractivity contribution is -0.123. The second-order valence-corrected chi connectivity index (χ2v) is 7.01. The molecule has 122 valence electrons. The molecule has 1 aliphatic rings. The number of aromatic nitrogens is 3. The van der Waals surface area contributed by atoms with Crippen molar-refractivity contribution in [2.24, 2.45) is 0 Å². The highest BCUT2D eigenvalue weighted by atomic mass is 32.1. The largest absolute Gasteiger partial charge is 0.349 e. The summed E-state index contributed by atoms with van der Waals surface area (Å²) in [6.07, 6.45) is 4.44.